The van der Waals surface area contributed by atoms with Crippen molar-refractivity contribution in [1.82, 2.24) is 0 Å². The van der Waals surface area contributed by atoms with E-state index in [4.69, 9.17) is 0 Å². The van der Waals surface area contributed by atoms with Crippen LogP contribution in [0.1, 0.15) is 16.7 Å². The van der Waals surface area contributed by atoms with E-state index in [1.807, 2.05) is 0 Å². The lowest BCUT2D eigenvalue weighted by molar-refractivity contribution is -0.376. The lowest BCUT2D eigenvalue weighted by atomic mass is 9.86. The van der Waals surface area contributed by atoms with Crippen molar-refractivity contribution in [2.45, 2.75) is 24.4 Å². The molecular formula is C12H8F6O. The zero-order chi connectivity index (χ0) is 14.5. The van der Waals surface area contributed by atoms with Crippen molar-refractivity contribution in [3.05, 3.63) is 41.0 Å². The van der Waals surface area contributed by atoms with Crippen molar-refractivity contribution in [2.75, 3.05) is 0 Å². The lowest BCUT2D eigenvalue weighted by Crippen LogP contribution is -2.54. The minimum Gasteiger partial charge on any atom is -0.369 e. The summed E-state index contributed by atoms with van der Waals surface area (Å²) >= 11 is 0. The van der Waals surface area contributed by atoms with Gasteiger partial charge in [-0.1, -0.05) is 30.4 Å². The fourth-order valence-corrected chi connectivity index (χ4v) is 2.10. The molecule has 0 saturated heterocycles. The smallest absolute Gasteiger partial charge is 0.369 e. The Kier molecular flexibility index (Phi) is 2.93. The van der Waals surface area contributed by atoms with E-state index in [0.29, 0.717) is 6.07 Å². The first-order valence-corrected chi connectivity index (χ1v) is 5.24. The molecule has 0 heterocycles. The van der Waals surface area contributed by atoms with Crippen molar-refractivity contribution in [3.63, 3.8) is 0 Å². The van der Waals surface area contributed by atoms with Crippen molar-refractivity contribution in [3.8, 4) is 0 Å². The van der Waals surface area contributed by atoms with Gasteiger partial charge in [-0.05, 0) is 17.5 Å². The number of hydrogen-bond acceptors (Lipinski definition) is 1. The number of fused-ring (bicyclic) bond motifs is 1. The molecule has 0 bridgehead atoms. The first kappa shape index (κ1) is 13.9. The van der Waals surface area contributed by atoms with Crippen LogP contribution in [-0.4, -0.2) is 17.5 Å². The molecule has 7 heteroatoms. The van der Waals surface area contributed by atoms with Crippen LogP contribution < -0.4 is 0 Å². The Morgan fingerprint density at radius 3 is 2.05 bits per heavy atom. The highest BCUT2D eigenvalue weighted by molar-refractivity contribution is 5.63. The highest BCUT2D eigenvalue weighted by atomic mass is 19.4. The van der Waals surface area contributed by atoms with Gasteiger partial charge in [-0.3, -0.25) is 0 Å². The van der Waals surface area contributed by atoms with Gasteiger partial charge in [0.1, 0.15) is 0 Å². The van der Waals surface area contributed by atoms with Crippen LogP contribution in [0.3, 0.4) is 0 Å². The highest BCUT2D eigenvalue weighted by Gasteiger charge is 2.71. The molecule has 0 radical (unpaired) electrons. The molecule has 1 aliphatic carbocycles. The molecule has 1 nitrogen and oxygen atoms in total. The van der Waals surface area contributed by atoms with Gasteiger partial charge in [0.25, 0.3) is 5.60 Å². The quantitative estimate of drug-likeness (QED) is 0.781. The second-order valence-electron chi connectivity index (χ2n) is 4.19. The maximum Gasteiger partial charge on any atom is 0.430 e. The van der Waals surface area contributed by atoms with E-state index in [2.05, 4.69) is 0 Å². The molecular weight excluding hydrogens is 274 g/mol. The number of allylic oxidation sites excluding steroid dienone is 1. The van der Waals surface area contributed by atoms with Crippen LogP contribution in [0.15, 0.2) is 24.3 Å². The van der Waals surface area contributed by atoms with E-state index in [0.717, 1.165) is 6.07 Å². The van der Waals surface area contributed by atoms with Crippen LogP contribution in [0.2, 0.25) is 0 Å². The van der Waals surface area contributed by atoms with Crippen LogP contribution >= 0.6 is 0 Å². The third-order valence-electron chi connectivity index (χ3n) is 3.04. The Morgan fingerprint density at radius 2 is 1.53 bits per heavy atom. The summed E-state index contributed by atoms with van der Waals surface area (Å²) < 4.78 is 76.6. The molecule has 0 spiro atoms. The molecule has 0 saturated carbocycles. The molecule has 0 aliphatic heterocycles. The summed E-state index contributed by atoms with van der Waals surface area (Å²) in [6.07, 6.45) is -8.89. The number of aliphatic hydroxyl groups is 1. The Labute approximate surface area is 104 Å². The highest BCUT2D eigenvalue weighted by Crippen LogP contribution is 2.51. The van der Waals surface area contributed by atoms with Gasteiger partial charge in [-0.25, -0.2) is 0 Å². The summed E-state index contributed by atoms with van der Waals surface area (Å²) in [6.45, 7) is 0. The van der Waals surface area contributed by atoms with Crippen LogP contribution in [0, 0.1) is 0 Å². The van der Waals surface area contributed by atoms with E-state index >= 15 is 0 Å². The molecule has 0 unspecified atom stereocenters. The Balaban J connectivity index is 2.69. The molecule has 0 fully saturated rings. The van der Waals surface area contributed by atoms with E-state index in [9.17, 15) is 31.4 Å². The van der Waals surface area contributed by atoms with Gasteiger partial charge >= 0.3 is 12.4 Å². The number of halogens is 6. The molecule has 104 valence electrons. The first-order chi connectivity index (χ1) is 8.59. The van der Waals surface area contributed by atoms with Crippen LogP contribution in [0.4, 0.5) is 26.3 Å². The van der Waals surface area contributed by atoms with Crippen LogP contribution in [0.5, 0.6) is 0 Å². The predicted molar refractivity (Wildman–Crippen MR) is 55.2 cm³/mol. The summed E-state index contributed by atoms with van der Waals surface area (Å²) in [5, 5.41) is 9.34. The van der Waals surface area contributed by atoms with Crippen LogP contribution in [-0.2, 0) is 12.0 Å². The van der Waals surface area contributed by atoms with Gasteiger partial charge in [0.05, 0.1) is 0 Å². The van der Waals surface area contributed by atoms with Gasteiger partial charge in [-0.2, -0.15) is 26.3 Å². The fraction of sp³-hybridized carbons (Fsp3) is 0.333. The monoisotopic (exact) mass is 282 g/mol. The third kappa shape index (κ3) is 1.92. The average Bonchev–Trinajstić information content (AvgIpc) is 2.72. The molecule has 1 aromatic carbocycles. The van der Waals surface area contributed by atoms with Crippen molar-refractivity contribution in [2.24, 2.45) is 0 Å². The van der Waals surface area contributed by atoms with Crippen molar-refractivity contribution < 1.29 is 31.4 Å². The Hall–Kier alpha value is -1.50. The standard InChI is InChI=1S/C12H8F6O/c13-11(14,15)10(19,12(16,17)18)9-6-2-4-7-3-1-5-8(7)9/h1-4,6,19H,5H2. The van der Waals surface area contributed by atoms with E-state index < -0.39 is 23.5 Å². The summed E-state index contributed by atoms with van der Waals surface area (Å²) in [6, 6.07) is 3.12. The average molecular weight is 282 g/mol. The molecule has 2 rings (SSSR count). The molecule has 19 heavy (non-hydrogen) atoms. The van der Waals surface area contributed by atoms with E-state index in [-0.39, 0.29) is 17.5 Å². The summed E-state index contributed by atoms with van der Waals surface area (Å²) in [5.41, 5.74) is -5.91. The Bertz CT molecular complexity index is 512. The largest absolute Gasteiger partial charge is 0.430 e. The maximum atomic E-state index is 12.8. The van der Waals surface area contributed by atoms with Crippen molar-refractivity contribution >= 4 is 6.08 Å². The molecule has 1 aliphatic rings. The SMILES string of the molecule is OC(c1cccc2c1CC=C2)(C(F)(F)F)C(F)(F)F. The third-order valence-corrected chi connectivity index (χ3v) is 3.04. The number of hydrogen-bond donors (Lipinski definition) is 1. The summed E-state index contributed by atoms with van der Waals surface area (Å²) in [5.74, 6) is 0. The number of rotatable bonds is 1. The molecule has 1 N–H and O–H groups in total. The second kappa shape index (κ2) is 4.00. The lowest BCUT2D eigenvalue weighted by Gasteiger charge is -2.34. The summed E-state index contributed by atoms with van der Waals surface area (Å²) in [4.78, 5) is 0. The first-order valence-electron chi connectivity index (χ1n) is 5.24. The van der Waals surface area contributed by atoms with Gasteiger partial charge in [0.2, 0.25) is 0 Å². The number of alkyl halides is 6. The maximum absolute atomic E-state index is 12.8. The topological polar surface area (TPSA) is 20.2 Å². The zero-order valence-corrected chi connectivity index (χ0v) is 9.31. The van der Waals surface area contributed by atoms with Gasteiger partial charge in [0.15, 0.2) is 0 Å². The predicted octanol–water partition coefficient (Wildman–Crippen LogP) is 3.57. The molecule has 0 amide bonds. The Morgan fingerprint density at radius 1 is 0.947 bits per heavy atom. The summed E-state index contributed by atoms with van der Waals surface area (Å²) in [7, 11) is 0. The normalized spacial score (nSPS) is 15.7. The fourth-order valence-electron chi connectivity index (χ4n) is 2.10. The minimum absolute atomic E-state index is 0.0695. The second-order valence-corrected chi connectivity index (χ2v) is 4.19. The molecule has 1 aromatic rings. The van der Waals surface area contributed by atoms with Gasteiger partial charge in [-0.15, -0.1) is 0 Å². The molecule has 0 atom stereocenters. The van der Waals surface area contributed by atoms with Crippen LogP contribution in [0.25, 0.3) is 6.08 Å². The number of benzene rings is 1. The zero-order valence-electron chi connectivity index (χ0n) is 9.31. The van der Waals surface area contributed by atoms with Crippen molar-refractivity contribution in [1.29, 1.82) is 0 Å². The minimum atomic E-state index is -5.84. The van der Waals surface area contributed by atoms with E-state index in [1.165, 1.54) is 18.2 Å². The molecule has 0 aromatic heterocycles. The van der Waals surface area contributed by atoms with E-state index in [1.54, 1.807) is 0 Å². The van der Waals surface area contributed by atoms with Gasteiger partial charge < -0.3 is 5.11 Å². The van der Waals surface area contributed by atoms with Gasteiger partial charge in [0, 0.05) is 5.56 Å².